The van der Waals surface area contributed by atoms with Gasteiger partial charge in [-0.05, 0) is 49.3 Å². The third kappa shape index (κ3) is 2.10. The minimum absolute atomic E-state index is 0.0862. The van der Waals surface area contributed by atoms with Crippen molar-refractivity contribution in [1.82, 2.24) is 20.3 Å². The van der Waals surface area contributed by atoms with E-state index in [1.807, 2.05) is 0 Å². The van der Waals surface area contributed by atoms with Gasteiger partial charge < -0.3 is 10.3 Å². The van der Waals surface area contributed by atoms with Crippen molar-refractivity contribution in [2.75, 3.05) is 0 Å². The smallest absolute Gasteiger partial charge is 0.243 e. The number of carbonyl (C=O) groups is 1. The average Bonchev–Trinajstić information content (AvgIpc) is 3.05. The summed E-state index contributed by atoms with van der Waals surface area (Å²) in [6, 6.07) is 0.0862. The third-order valence-corrected chi connectivity index (χ3v) is 7.16. The summed E-state index contributed by atoms with van der Waals surface area (Å²) in [5.74, 6) is 0.294. The Bertz CT molecular complexity index is 1080. The predicted octanol–water partition coefficient (Wildman–Crippen LogP) is 3.84. The first-order valence-electron chi connectivity index (χ1n) is 10.1. The minimum atomic E-state index is -0.255. The molecule has 0 saturated carbocycles. The predicted molar refractivity (Wildman–Crippen MR) is 110 cm³/mol. The zero-order chi connectivity index (χ0) is 19.7. The van der Waals surface area contributed by atoms with Crippen molar-refractivity contribution in [3.8, 4) is 0 Å². The first kappa shape index (κ1) is 17.4. The molecule has 5 heteroatoms. The standard InChI is InChI=1S/C23H26N4O/c1-5-17(28)27-14-6-7-15-13(2)8-9-22(3)16-11-24-21-18(16)20(25-12-26-21)23(4,10-14)19(15)22/h5,8-9,11-14H,1,6-7,10H2,2-4H3,(H,27,28)(H,24,25,26). The van der Waals surface area contributed by atoms with Crippen LogP contribution in [-0.2, 0) is 15.6 Å². The van der Waals surface area contributed by atoms with Crippen molar-refractivity contribution < 1.29 is 4.79 Å². The Labute approximate surface area is 165 Å². The number of fused-ring (bicyclic) bond motifs is 2. The fraction of sp³-hybridized carbons (Fsp3) is 0.435. The van der Waals surface area contributed by atoms with Crippen molar-refractivity contribution in [3.63, 3.8) is 0 Å². The number of rotatable bonds is 2. The molecule has 5 rings (SSSR count). The van der Waals surface area contributed by atoms with Gasteiger partial charge in [-0.25, -0.2) is 9.97 Å². The van der Waals surface area contributed by atoms with Crippen molar-refractivity contribution in [3.05, 3.63) is 59.7 Å². The molecule has 28 heavy (non-hydrogen) atoms. The van der Waals surface area contributed by atoms with Crippen LogP contribution in [0.2, 0.25) is 0 Å². The molecule has 2 aromatic rings. The third-order valence-electron chi connectivity index (χ3n) is 7.16. The molecule has 0 saturated heterocycles. The van der Waals surface area contributed by atoms with Gasteiger partial charge in [-0.3, -0.25) is 4.79 Å². The number of aromatic nitrogens is 3. The van der Waals surface area contributed by atoms with E-state index in [0.717, 1.165) is 36.0 Å². The van der Waals surface area contributed by atoms with Crippen LogP contribution < -0.4 is 5.32 Å². The second-order valence-electron chi connectivity index (χ2n) is 8.88. The Kier molecular flexibility index (Phi) is 3.52. The Morgan fingerprint density at radius 3 is 3.00 bits per heavy atom. The van der Waals surface area contributed by atoms with Gasteiger partial charge in [0, 0.05) is 28.5 Å². The van der Waals surface area contributed by atoms with Crippen LogP contribution in [0.3, 0.4) is 0 Å². The summed E-state index contributed by atoms with van der Waals surface area (Å²) in [4.78, 5) is 24.7. The molecule has 0 aromatic carbocycles. The second-order valence-corrected chi connectivity index (χ2v) is 8.88. The van der Waals surface area contributed by atoms with Crippen molar-refractivity contribution in [1.29, 1.82) is 0 Å². The van der Waals surface area contributed by atoms with Crippen LogP contribution in [-0.4, -0.2) is 26.9 Å². The van der Waals surface area contributed by atoms with Gasteiger partial charge in [0.15, 0.2) is 0 Å². The van der Waals surface area contributed by atoms with Crippen LogP contribution in [0.5, 0.6) is 0 Å². The summed E-state index contributed by atoms with van der Waals surface area (Å²) in [6.45, 7) is 10.5. The van der Waals surface area contributed by atoms with E-state index in [2.05, 4.69) is 61.0 Å². The quantitative estimate of drug-likeness (QED) is 0.620. The number of nitrogens with zero attached hydrogens (tertiary/aromatic N) is 2. The van der Waals surface area contributed by atoms with E-state index in [1.54, 1.807) is 6.33 Å². The van der Waals surface area contributed by atoms with Gasteiger partial charge in [0.25, 0.3) is 0 Å². The Balaban J connectivity index is 1.79. The van der Waals surface area contributed by atoms with Gasteiger partial charge in [0.1, 0.15) is 12.0 Å². The Hall–Kier alpha value is -2.69. The molecular weight excluding hydrogens is 348 g/mol. The number of hydrogen-bond donors (Lipinski definition) is 2. The Morgan fingerprint density at radius 2 is 2.21 bits per heavy atom. The maximum absolute atomic E-state index is 12.1. The van der Waals surface area contributed by atoms with E-state index in [-0.39, 0.29) is 22.8 Å². The SMILES string of the molecule is C=CC(=O)NC1CCC2=C3C(C)(C=CC2C)c2c[nH]c4ncnc(c24)C3(C)C1. The molecule has 0 fully saturated rings. The molecular formula is C23H26N4O. The number of allylic oxidation sites excluding steroid dienone is 4. The molecule has 3 aliphatic carbocycles. The molecule has 0 aliphatic heterocycles. The summed E-state index contributed by atoms with van der Waals surface area (Å²) < 4.78 is 0. The summed E-state index contributed by atoms with van der Waals surface area (Å²) in [5, 5.41) is 4.31. The number of nitrogens with one attached hydrogen (secondary N) is 2. The number of hydrogen-bond acceptors (Lipinski definition) is 3. The monoisotopic (exact) mass is 374 g/mol. The summed E-state index contributed by atoms with van der Waals surface area (Å²) >= 11 is 0. The molecule has 4 atom stereocenters. The van der Waals surface area contributed by atoms with Crippen molar-refractivity contribution in [2.45, 2.75) is 56.9 Å². The highest BCUT2D eigenvalue weighted by molar-refractivity contribution is 5.89. The maximum atomic E-state index is 12.1. The van der Waals surface area contributed by atoms with E-state index in [1.165, 1.54) is 22.8 Å². The van der Waals surface area contributed by atoms with Gasteiger partial charge in [0.05, 0.1) is 5.69 Å². The van der Waals surface area contributed by atoms with Crippen LogP contribution in [0.15, 0.2) is 48.5 Å². The summed E-state index contributed by atoms with van der Waals surface area (Å²) in [7, 11) is 0. The molecule has 3 aliphatic rings. The highest BCUT2D eigenvalue weighted by Crippen LogP contribution is 2.59. The summed E-state index contributed by atoms with van der Waals surface area (Å²) in [6.07, 6.45) is 12.6. The van der Waals surface area contributed by atoms with Gasteiger partial charge in [-0.2, -0.15) is 0 Å². The molecule has 2 heterocycles. The highest BCUT2D eigenvalue weighted by Gasteiger charge is 2.53. The van der Waals surface area contributed by atoms with E-state index in [0.29, 0.717) is 5.92 Å². The first-order valence-corrected chi connectivity index (χ1v) is 10.1. The lowest BCUT2D eigenvalue weighted by atomic mass is 9.54. The Morgan fingerprint density at radius 1 is 1.39 bits per heavy atom. The summed E-state index contributed by atoms with van der Waals surface area (Å²) in [5.41, 5.74) is 5.78. The largest absolute Gasteiger partial charge is 0.350 e. The molecule has 2 aromatic heterocycles. The van der Waals surface area contributed by atoms with Crippen LogP contribution in [0.25, 0.3) is 11.0 Å². The number of carbonyl (C=O) groups excluding carboxylic acids is 1. The van der Waals surface area contributed by atoms with Crippen molar-refractivity contribution in [2.24, 2.45) is 5.92 Å². The minimum Gasteiger partial charge on any atom is -0.350 e. The highest BCUT2D eigenvalue weighted by atomic mass is 16.1. The average molecular weight is 374 g/mol. The first-order chi connectivity index (χ1) is 13.4. The van der Waals surface area contributed by atoms with Gasteiger partial charge in [-0.1, -0.05) is 38.2 Å². The van der Waals surface area contributed by atoms with E-state index < -0.39 is 0 Å². The molecule has 0 bridgehead atoms. The van der Waals surface area contributed by atoms with Crippen LogP contribution in [0.4, 0.5) is 0 Å². The van der Waals surface area contributed by atoms with Crippen LogP contribution in [0.1, 0.15) is 51.3 Å². The van der Waals surface area contributed by atoms with E-state index >= 15 is 0 Å². The number of H-pyrrole nitrogens is 1. The van der Waals surface area contributed by atoms with Crippen molar-refractivity contribution >= 4 is 16.9 Å². The molecule has 4 unspecified atom stereocenters. The lowest BCUT2D eigenvalue weighted by Gasteiger charge is -2.49. The van der Waals surface area contributed by atoms with Gasteiger partial charge in [-0.15, -0.1) is 0 Å². The normalized spacial score (nSPS) is 33.4. The fourth-order valence-electron chi connectivity index (χ4n) is 6.02. The molecule has 144 valence electrons. The molecule has 0 radical (unpaired) electrons. The molecule has 5 nitrogen and oxygen atoms in total. The zero-order valence-electron chi connectivity index (χ0n) is 16.7. The van der Waals surface area contributed by atoms with Gasteiger partial charge in [0.2, 0.25) is 5.91 Å². The maximum Gasteiger partial charge on any atom is 0.243 e. The van der Waals surface area contributed by atoms with Gasteiger partial charge >= 0.3 is 0 Å². The molecule has 2 N–H and O–H groups in total. The van der Waals surface area contributed by atoms with Crippen LogP contribution in [0, 0.1) is 5.92 Å². The lowest BCUT2D eigenvalue weighted by molar-refractivity contribution is -0.117. The second kappa shape index (κ2) is 5.66. The zero-order valence-corrected chi connectivity index (χ0v) is 16.7. The fourth-order valence-corrected chi connectivity index (χ4v) is 6.02. The molecule has 1 amide bonds. The van der Waals surface area contributed by atoms with E-state index in [9.17, 15) is 4.79 Å². The number of aromatic amines is 1. The number of amides is 1. The lowest BCUT2D eigenvalue weighted by Crippen LogP contribution is -2.46. The van der Waals surface area contributed by atoms with Crippen LogP contribution >= 0.6 is 0 Å². The van der Waals surface area contributed by atoms with E-state index in [4.69, 9.17) is 4.98 Å². The topological polar surface area (TPSA) is 70.7 Å². The molecule has 0 spiro atoms.